The molecule has 1 aliphatic rings. The fraction of sp³-hybridized carbons (Fsp3) is 0.643. The van der Waals surface area contributed by atoms with Crippen LogP contribution in [0.4, 0.5) is 0 Å². The number of carbonyl (C=O) groups is 2. The van der Waals surface area contributed by atoms with E-state index in [1.807, 2.05) is 12.3 Å². The second-order valence-corrected chi connectivity index (χ2v) is 5.39. The number of piperidine rings is 1. The van der Waals surface area contributed by atoms with Crippen molar-refractivity contribution in [3.05, 3.63) is 18.5 Å². The maximum absolute atomic E-state index is 12.7. The van der Waals surface area contributed by atoms with Gasteiger partial charge in [-0.3, -0.25) is 14.3 Å². The third-order valence-electron chi connectivity index (χ3n) is 3.87. The molecule has 1 atom stereocenters. The number of esters is 1. The number of ether oxygens (including phenoxy) is 1. The lowest BCUT2D eigenvalue weighted by Crippen LogP contribution is -2.56. The first-order valence-corrected chi connectivity index (χ1v) is 7.17. The Morgan fingerprint density at radius 2 is 2.19 bits per heavy atom. The molecule has 0 aliphatic carbocycles. The molecule has 7 heteroatoms. The molecule has 1 aromatic heterocycles. The van der Waals surface area contributed by atoms with E-state index in [0.717, 1.165) is 13.1 Å². The number of hydrogen-bond acceptors (Lipinski definition) is 5. The molecule has 0 bridgehead atoms. The van der Waals surface area contributed by atoms with Crippen LogP contribution in [-0.2, 0) is 19.9 Å². The van der Waals surface area contributed by atoms with E-state index in [-0.39, 0.29) is 24.3 Å². The Balaban J connectivity index is 2.10. The van der Waals surface area contributed by atoms with Gasteiger partial charge in [-0.2, -0.15) is 5.10 Å². The predicted molar refractivity (Wildman–Crippen MR) is 76.5 cm³/mol. The summed E-state index contributed by atoms with van der Waals surface area (Å²) in [6.45, 7) is 3.32. The SMILES string of the molecule is COC(=O)CC(C)NC(=O)C1(n2cccn2)CCNCC1. The average molecular weight is 294 g/mol. The fourth-order valence-corrected chi connectivity index (χ4v) is 2.67. The molecule has 2 heterocycles. The molecule has 116 valence electrons. The van der Waals surface area contributed by atoms with Crippen molar-refractivity contribution in [1.82, 2.24) is 20.4 Å². The van der Waals surface area contributed by atoms with Gasteiger partial charge >= 0.3 is 5.97 Å². The molecule has 2 rings (SSSR count). The highest BCUT2D eigenvalue weighted by Gasteiger charge is 2.42. The summed E-state index contributed by atoms with van der Waals surface area (Å²) in [5.74, 6) is -0.426. The largest absolute Gasteiger partial charge is 0.469 e. The number of amides is 1. The van der Waals surface area contributed by atoms with Gasteiger partial charge in [0.2, 0.25) is 5.91 Å². The lowest BCUT2D eigenvalue weighted by atomic mass is 9.87. The third kappa shape index (κ3) is 3.41. The summed E-state index contributed by atoms with van der Waals surface area (Å²) in [5, 5.41) is 10.4. The molecule has 0 aromatic carbocycles. The van der Waals surface area contributed by atoms with Crippen molar-refractivity contribution in [3.63, 3.8) is 0 Å². The Hall–Kier alpha value is -1.89. The molecule has 21 heavy (non-hydrogen) atoms. The summed E-state index contributed by atoms with van der Waals surface area (Å²) in [4.78, 5) is 24.0. The second kappa shape index (κ2) is 6.71. The van der Waals surface area contributed by atoms with Crippen molar-refractivity contribution in [1.29, 1.82) is 0 Å². The van der Waals surface area contributed by atoms with E-state index in [4.69, 9.17) is 0 Å². The summed E-state index contributed by atoms with van der Waals surface area (Å²) in [6, 6.07) is 1.54. The zero-order valence-corrected chi connectivity index (χ0v) is 12.5. The normalized spacial score (nSPS) is 18.8. The van der Waals surface area contributed by atoms with Gasteiger partial charge in [0.15, 0.2) is 0 Å². The fourth-order valence-electron chi connectivity index (χ4n) is 2.67. The van der Waals surface area contributed by atoms with Gasteiger partial charge in [0.1, 0.15) is 5.54 Å². The Morgan fingerprint density at radius 3 is 2.76 bits per heavy atom. The average Bonchev–Trinajstić information content (AvgIpc) is 3.02. The Kier molecular flexibility index (Phi) is 4.95. The van der Waals surface area contributed by atoms with Crippen molar-refractivity contribution >= 4 is 11.9 Å². The van der Waals surface area contributed by atoms with Crippen LogP contribution in [0, 0.1) is 0 Å². The van der Waals surface area contributed by atoms with Crippen LogP contribution in [0.25, 0.3) is 0 Å². The first-order valence-electron chi connectivity index (χ1n) is 7.17. The number of rotatable bonds is 5. The molecule has 1 aromatic rings. The van der Waals surface area contributed by atoms with Crippen molar-refractivity contribution in [2.75, 3.05) is 20.2 Å². The van der Waals surface area contributed by atoms with Gasteiger partial charge in [-0.05, 0) is 38.9 Å². The summed E-state index contributed by atoms with van der Waals surface area (Å²) in [6.07, 6.45) is 5.00. The van der Waals surface area contributed by atoms with E-state index < -0.39 is 5.54 Å². The van der Waals surface area contributed by atoms with Crippen LogP contribution in [0.2, 0.25) is 0 Å². The molecule has 7 nitrogen and oxygen atoms in total. The van der Waals surface area contributed by atoms with Gasteiger partial charge in [0.05, 0.1) is 13.5 Å². The quantitative estimate of drug-likeness (QED) is 0.748. The highest BCUT2D eigenvalue weighted by atomic mass is 16.5. The smallest absolute Gasteiger partial charge is 0.307 e. The van der Waals surface area contributed by atoms with Gasteiger partial charge < -0.3 is 15.4 Å². The minimum Gasteiger partial charge on any atom is -0.469 e. The highest BCUT2D eigenvalue weighted by molar-refractivity contribution is 5.85. The summed E-state index contributed by atoms with van der Waals surface area (Å²) in [7, 11) is 1.34. The number of hydrogen-bond donors (Lipinski definition) is 2. The maximum Gasteiger partial charge on any atom is 0.307 e. The van der Waals surface area contributed by atoms with E-state index in [1.165, 1.54) is 7.11 Å². The molecule has 1 saturated heterocycles. The lowest BCUT2D eigenvalue weighted by Gasteiger charge is -2.37. The molecule has 2 N–H and O–H groups in total. The van der Waals surface area contributed by atoms with Gasteiger partial charge in [0, 0.05) is 18.4 Å². The number of aromatic nitrogens is 2. The van der Waals surface area contributed by atoms with E-state index in [1.54, 1.807) is 17.8 Å². The van der Waals surface area contributed by atoms with Crippen LogP contribution in [0.5, 0.6) is 0 Å². The standard InChI is InChI=1S/C14H22N4O3/c1-11(10-12(19)21-2)17-13(20)14(4-7-15-8-5-14)18-9-3-6-16-18/h3,6,9,11,15H,4-5,7-8,10H2,1-2H3,(H,17,20). The third-order valence-corrected chi connectivity index (χ3v) is 3.87. The molecule has 1 amide bonds. The molecule has 0 spiro atoms. The number of methoxy groups -OCH3 is 1. The van der Waals surface area contributed by atoms with Crippen molar-refractivity contribution < 1.29 is 14.3 Å². The van der Waals surface area contributed by atoms with E-state index in [2.05, 4.69) is 20.5 Å². The van der Waals surface area contributed by atoms with Crippen molar-refractivity contribution in [2.45, 2.75) is 37.8 Å². The first kappa shape index (κ1) is 15.5. The van der Waals surface area contributed by atoms with Gasteiger partial charge in [-0.15, -0.1) is 0 Å². The molecule has 0 radical (unpaired) electrons. The second-order valence-electron chi connectivity index (χ2n) is 5.39. The van der Waals surface area contributed by atoms with Crippen LogP contribution in [-0.4, -0.2) is 47.9 Å². The van der Waals surface area contributed by atoms with Crippen molar-refractivity contribution in [3.8, 4) is 0 Å². The van der Waals surface area contributed by atoms with Crippen LogP contribution in [0.3, 0.4) is 0 Å². The van der Waals surface area contributed by atoms with Crippen LogP contribution in [0.1, 0.15) is 26.2 Å². The maximum atomic E-state index is 12.7. The Morgan fingerprint density at radius 1 is 1.48 bits per heavy atom. The van der Waals surface area contributed by atoms with Gasteiger partial charge in [-0.25, -0.2) is 0 Å². The van der Waals surface area contributed by atoms with E-state index in [0.29, 0.717) is 12.8 Å². The molecule has 1 aliphatic heterocycles. The minimum absolute atomic E-state index is 0.0934. The van der Waals surface area contributed by atoms with Gasteiger partial charge in [-0.1, -0.05) is 0 Å². The highest BCUT2D eigenvalue weighted by Crippen LogP contribution is 2.27. The van der Waals surface area contributed by atoms with Crippen molar-refractivity contribution in [2.24, 2.45) is 0 Å². The molecule has 1 fully saturated rings. The van der Waals surface area contributed by atoms with Crippen LogP contribution < -0.4 is 10.6 Å². The molecule has 0 saturated carbocycles. The molecular weight excluding hydrogens is 272 g/mol. The van der Waals surface area contributed by atoms with E-state index in [9.17, 15) is 9.59 Å². The zero-order valence-electron chi connectivity index (χ0n) is 12.5. The molecule has 1 unspecified atom stereocenters. The Bertz CT molecular complexity index is 480. The number of carbonyl (C=O) groups excluding carboxylic acids is 2. The minimum atomic E-state index is -0.681. The topological polar surface area (TPSA) is 85.2 Å². The van der Waals surface area contributed by atoms with Crippen LogP contribution in [0.15, 0.2) is 18.5 Å². The predicted octanol–water partition coefficient (Wildman–Crippen LogP) is 0.0296. The number of nitrogens with zero attached hydrogens (tertiary/aromatic N) is 2. The Labute approximate surface area is 124 Å². The molecular formula is C14H22N4O3. The monoisotopic (exact) mass is 294 g/mol. The van der Waals surface area contributed by atoms with Gasteiger partial charge in [0.25, 0.3) is 0 Å². The zero-order chi connectivity index (χ0) is 15.3. The summed E-state index contributed by atoms with van der Waals surface area (Å²) in [5.41, 5.74) is -0.681. The summed E-state index contributed by atoms with van der Waals surface area (Å²) < 4.78 is 6.36. The lowest BCUT2D eigenvalue weighted by molar-refractivity contribution is -0.141. The first-order chi connectivity index (χ1) is 10.1. The number of nitrogens with one attached hydrogen (secondary N) is 2. The van der Waals surface area contributed by atoms with E-state index >= 15 is 0 Å². The summed E-state index contributed by atoms with van der Waals surface area (Å²) >= 11 is 0. The van der Waals surface area contributed by atoms with Crippen LogP contribution >= 0.6 is 0 Å².